The van der Waals surface area contributed by atoms with Crippen molar-refractivity contribution in [3.05, 3.63) is 149 Å². The second-order valence-electron chi connectivity index (χ2n) is 12.0. The van der Waals surface area contributed by atoms with Crippen LogP contribution in [0.2, 0.25) is 0 Å². The van der Waals surface area contributed by atoms with Crippen LogP contribution >= 0.6 is 0 Å². The first-order valence-corrected chi connectivity index (χ1v) is 15.4. The predicted octanol–water partition coefficient (Wildman–Crippen LogP) is 7.51. The summed E-state index contributed by atoms with van der Waals surface area (Å²) in [5, 5.41) is 2.39. The Morgan fingerprint density at radius 1 is 0.595 bits per heavy atom. The molecule has 0 amide bonds. The lowest BCUT2D eigenvalue weighted by Crippen LogP contribution is -2.37. The van der Waals surface area contributed by atoms with E-state index < -0.39 is 5.41 Å². The van der Waals surface area contributed by atoms with Crippen molar-refractivity contribution in [3.8, 4) is 0 Å². The molecule has 42 heavy (non-hydrogen) atoms. The number of nitrogens with zero attached hydrogens (tertiary/aromatic N) is 2. The molecule has 3 heteroatoms. The Morgan fingerprint density at radius 2 is 1.24 bits per heavy atom. The van der Waals surface area contributed by atoms with E-state index in [1.165, 1.54) is 33.3 Å². The maximum atomic E-state index is 14.6. The van der Waals surface area contributed by atoms with E-state index in [0.29, 0.717) is 12.8 Å². The van der Waals surface area contributed by atoms with Crippen molar-refractivity contribution < 1.29 is 4.79 Å². The fraction of sp³-hybridized carbons (Fsp3) is 0.256. The summed E-state index contributed by atoms with van der Waals surface area (Å²) in [5.74, 6) is 0.260. The van der Waals surface area contributed by atoms with E-state index in [1.807, 2.05) is 0 Å². The summed E-state index contributed by atoms with van der Waals surface area (Å²) in [5.41, 5.74) is 6.54. The van der Waals surface area contributed by atoms with Crippen LogP contribution in [0.3, 0.4) is 0 Å². The topological polar surface area (TPSA) is 23.6 Å². The van der Waals surface area contributed by atoms with Crippen LogP contribution < -0.4 is 4.90 Å². The van der Waals surface area contributed by atoms with Gasteiger partial charge < -0.3 is 9.80 Å². The second kappa shape index (κ2) is 11.6. The Bertz CT molecular complexity index is 1640. The van der Waals surface area contributed by atoms with Crippen molar-refractivity contribution in [3.63, 3.8) is 0 Å². The third-order valence-corrected chi connectivity index (χ3v) is 9.40. The van der Waals surface area contributed by atoms with E-state index in [0.717, 1.165) is 56.5 Å². The molecule has 2 aliphatic rings. The van der Waals surface area contributed by atoms with Gasteiger partial charge in [-0.15, -0.1) is 0 Å². The molecule has 0 N–H and O–H groups in total. The Hall–Kier alpha value is -4.21. The van der Waals surface area contributed by atoms with E-state index >= 15 is 0 Å². The van der Waals surface area contributed by atoms with Gasteiger partial charge in [-0.25, -0.2) is 0 Å². The summed E-state index contributed by atoms with van der Waals surface area (Å²) in [6.45, 7) is 5.31. The minimum absolute atomic E-state index is 0.260. The summed E-state index contributed by atoms with van der Waals surface area (Å²) in [7, 11) is 0. The number of hydrogen-bond acceptors (Lipinski definition) is 3. The average molecular weight is 551 g/mol. The van der Waals surface area contributed by atoms with Crippen molar-refractivity contribution in [2.75, 3.05) is 37.6 Å². The van der Waals surface area contributed by atoms with E-state index in [1.54, 1.807) is 0 Å². The molecule has 7 rings (SSSR count). The zero-order valence-corrected chi connectivity index (χ0v) is 24.2. The van der Waals surface area contributed by atoms with Crippen LogP contribution in [-0.2, 0) is 24.7 Å². The Labute approximate surface area is 249 Å². The lowest BCUT2D eigenvalue weighted by molar-refractivity contribution is 0.0892. The van der Waals surface area contributed by atoms with Crippen LogP contribution in [0.4, 0.5) is 5.69 Å². The number of benzene rings is 5. The van der Waals surface area contributed by atoms with Gasteiger partial charge in [0.1, 0.15) is 0 Å². The highest BCUT2D eigenvalue weighted by molar-refractivity contribution is 6.22. The molecule has 0 aromatic heterocycles. The first kappa shape index (κ1) is 26.7. The standard InChI is InChI=1S/C39H38N2O/c42-38-34-19-10-18-33-36(41-24-11-23-40(26-27-41)25-22-30-12-4-1-5-13-30)21-20-35(37(33)34)39(38,28-31-14-6-2-7-15-31)29-32-16-8-3-9-17-32/h1-10,12-21H,11,22-29H2. The SMILES string of the molecule is O=C1c2cccc3c(N4CCCN(CCc5ccccc5)CC4)ccc(c23)C1(Cc1ccccc1)Cc1ccccc1. The van der Waals surface area contributed by atoms with Crippen molar-refractivity contribution >= 4 is 22.2 Å². The first-order valence-electron chi connectivity index (χ1n) is 15.4. The van der Waals surface area contributed by atoms with Crippen LogP contribution in [0.1, 0.15) is 39.0 Å². The maximum Gasteiger partial charge on any atom is 0.174 e. The summed E-state index contributed by atoms with van der Waals surface area (Å²) in [6, 6.07) is 42.9. The molecular weight excluding hydrogens is 512 g/mol. The molecule has 1 heterocycles. The molecule has 1 aliphatic carbocycles. The van der Waals surface area contributed by atoms with Crippen LogP contribution in [0.5, 0.6) is 0 Å². The van der Waals surface area contributed by atoms with Crippen molar-refractivity contribution in [2.45, 2.75) is 31.1 Å². The number of ketones is 1. The van der Waals surface area contributed by atoms with E-state index in [9.17, 15) is 4.79 Å². The Kier molecular flexibility index (Phi) is 7.36. The molecule has 0 unspecified atom stereocenters. The molecule has 1 aliphatic heterocycles. The number of carbonyl (C=O) groups excluding carboxylic acids is 1. The molecule has 1 fully saturated rings. The lowest BCUT2D eigenvalue weighted by atomic mass is 9.71. The zero-order valence-electron chi connectivity index (χ0n) is 24.2. The van der Waals surface area contributed by atoms with Crippen molar-refractivity contribution in [1.29, 1.82) is 0 Å². The normalized spacial score (nSPS) is 16.6. The number of anilines is 1. The number of Topliss-reactive ketones (excluding diaryl/α,β-unsaturated/α-hetero) is 1. The highest BCUT2D eigenvalue weighted by Gasteiger charge is 2.47. The van der Waals surface area contributed by atoms with Crippen molar-refractivity contribution in [1.82, 2.24) is 4.90 Å². The molecule has 0 spiro atoms. The Morgan fingerprint density at radius 3 is 1.90 bits per heavy atom. The van der Waals surface area contributed by atoms with Gasteiger partial charge in [-0.2, -0.15) is 0 Å². The molecule has 5 aromatic rings. The van der Waals surface area contributed by atoms with Gasteiger partial charge in [0.05, 0.1) is 5.41 Å². The summed E-state index contributed by atoms with van der Waals surface area (Å²) in [4.78, 5) is 19.7. The second-order valence-corrected chi connectivity index (χ2v) is 12.0. The average Bonchev–Trinajstić information content (AvgIpc) is 3.17. The highest BCUT2D eigenvalue weighted by atomic mass is 16.1. The van der Waals surface area contributed by atoms with Gasteiger partial charge >= 0.3 is 0 Å². The molecule has 0 radical (unpaired) electrons. The summed E-state index contributed by atoms with van der Waals surface area (Å²) in [6.07, 6.45) is 3.63. The molecule has 0 saturated carbocycles. The lowest BCUT2D eigenvalue weighted by Gasteiger charge is -2.31. The molecule has 5 aromatic carbocycles. The predicted molar refractivity (Wildman–Crippen MR) is 174 cm³/mol. The molecule has 0 bridgehead atoms. The van der Waals surface area contributed by atoms with Crippen LogP contribution in [0.15, 0.2) is 121 Å². The zero-order chi connectivity index (χ0) is 28.4. The third-order valence-electron chi connectivity index (χ3n) is 9.40. The largest absolute Gasteiger partial charge is 0.370 e. The van der Waals surface area contributed by atoms with Crippen LogP contribution in [0, 0.1) is 0 Å². The quantitative estimate of drug-likeness (QED) is 0.200. The van der Waals surface area contributed by atoms with Gasteiger partial charge in [0.2, 0.25) is 0 Å². The van der Waals surface area contributed by atoms with Gasteiger partial charge in [-0.05, 0) is 65.9 Å². The van der Waals surface area contributed by atoms with Gasteiger partial charge in [0.25, 0.3) is 0 Å². The van der Waals surface area contributed by atoms with Crippen molar-refractivity contribution in [2.24, 2.45) is 0 Å². The first-order chi connectivity index (χ1) is 20.7. The van der Waals surface area contributed by atoms with Gasteiger partial charge in [-0.3, -0.25) is 4.79 Å². The molecule has 1 saturated heterocycles. The molecular formula is C39H38N2O. The summed E-state index contributed by atoms with van der Waals surface area (Å²) < 4.78 is 0. The minimum Gasteiger partial charge on any atom is -0.370 e. The van der Waals surface area contributed by atoms with E-state index in [2.05, 4.69) is 131 Å². The summed E-state index contributed by atoms with van der Waals surface area (Å²) >= 11 is 0. The highest BCUT2D eigenvalue weighted by Crippen LogP contribution is 2.48. The molecule has 210 valence electrons. The Balaban J connectivity index is 1.22. The minimum atomic E-state index is -0.615. The monoisotopic (exact) mass is 550 g/mol. The van der Waals surface area contributed by atoms with E-state index in [4.69, 9.17) is 0 Å². The van der Waals surface area contributed by atoms with Gasteiger partial charge in [0.15, 0.2) is 5.78 Å². The fourth-order valence-corrected chi connectivity index (χ4v) is 7.30. The maximum absolute atomic E-state index is 14.6. The number of rotatable bonds is 8. The van der Waals surface area contributed by atoms with E-state index in [-0.39, 0.29) is 5.78 Å². The molecule has 0 atom stereocenters. The van der Waals surface area contributed by atoms with Gasteiger partial charge in [0, 0.05) is 42.8 Å². The smallest absolute Gasteiger partial charge is 0.174 e. The molecule has 3 nitrogen and oxygen atoms in total. The van der Waals surface area contributed by atoms with Crippen LogP contribution in [-0.4, -0.2) is 43.4 Å². The third kappa shape index (κ3) is 5.03. The van der Waals surface area contributed by atoms with Gasteiger partial charge in [-0.1, -0.05) is 115 Å². The van der Waals surface area contributed by atoms with Crippen LogP contribution in [0.25, 0.3) is 10.8 Å². The number of hydrogen-bond donors (Lipinski definition) is 0. The fourth-order valence-electron chi connectivity index (χ4n) is 7.30. The number of carbonyl (C=O) groups is 1.